The number of aryl methyl sites for hydroxylation is 1. The molecular weight excluding hydrogens is 370 g/mol. The highest BCUT2D eigenvalue weighted by Crippen LogP contribution is 2.28. The number of hydrogen-bond donors (Lipinski definition) is 0. The van der Waals surface area contributed by atoms with Crippen LogP contribution in [-0.4, -0.2) is 31.9 Å². The van der Waals surface area contributed by atoms with Crippen LogP contribution in [0.25, 0.3) is 16.5 Å². The van der Waals surface area contributed by atoms with Gasteiger partial charge in [0.05, 0.1) is 22.3 Å². The normalized spacial score (nSPS) is 12.6. The largest absolute Gasteiger partial charge is 0.418 e. The molecule has 0 amide bonds. The Kier molecular flexibility index (Phi) is 5.11. The SMILES string of the molecule is Cc1nn(-c2ccccc2)c(C)c1CN(C)[C@H](C)c1nnc(-c2cccs2)o1. The van der Waals surface area contributed by atoms with Gasteiger partial charge in [0.25, 0.3) is 5.89 Å². The van der Waals surface area contributed by atoms with Crippen molar-refractivity contribution >= 4 is 11.3 Å². The molecule has 28 heavy (non-hydrogen) atoms. The zero-order valence-corrected chi connectivity index (χ0v) is 17.3. The Labute approximate surface area is 168 Å². The van der Waals surface area contributed by atoms with Crippen LogP contribution in [0, 0.1) is 13.8 Å². The van der Waals surface area contributed by atoms with Crippen molar-refractivity contribution in [2.75, 3.05) is 7.05 Å². The summed E-state index contributed by atoms with van der Waals surface area (Å²) in [6, 6.07) is 14.2. The third-order valence-electron chi connectivity index (χ3n) is 5.04. The van der Waals surface area contributed by atoms with E-state index in [1.165, 1.54) is 5.56 Å². The fourth-order valence-corrected chi connectivity index (χ4v) is 3.85. The smallest absolute Gasteiger partial charge is 0.257 e. The van der Waals surface area contributed by atoms with Crippen LogP contribution in [-0.2, 0) is 6.54 Å². The number of nitrogens with zero attached hydrogens (tertiary/aromatic N) is 5. The molecule has 6 nitrogen and oxygen atoms in total. The van der Waals surface area contributed by atoms with Crippen molar-refractivity contribution in [2.45, 2.75) is 33.4 Å². The van der Waals surface area contributed by atoms with Crippen LogP contribution in [0.15, 0.2) is 52.3 Å². The minimum absolute atomic E-state index is 0.0000810. The van der Waals surface area contributed by atoms with E-state index < -0.39 is 0 Å². The van der Waals surface area contributed by atoms with Crippen molar-refractivity contribution in [1.29, 1.82) is 0 Å². The van der Waals surface area contributed by atoms with E-state index in [0.29, 0.717) is 11.8 Å². The molecule has 1 aromatic carbocycles. The maximum absolute atomic E-state index is 5.91. The van der Waals surface area contributed by atoms with E-state index in [4.69, 9.17) is 9.52 Å². The van der Waals surface area contributed by atoms with Gasteiger partial charge in [-0.2, -0.15) is 5.10 Å². The minimum atomic E-state index is 0.0000810. The second kappa shape index (κ2) is 7.69. The molecule has 0 aliphatic heterocycles. The van der Waals surface area contributed by atoms with Crippen molar-refractivity contribution in [3.63, 3.8) is 0 Å². The Bertz CT molecular complexity index is 1050. The van der Waals surface area contributed by atoms with Gasteiger partial charge in [0.15, 0.2) is 0 Å². The Morgan fingerprint density at radius 1 is 1.11 bits per heavy atom. The second-order valence-corrected chi connectivity index (χ2v) is 7.86. The van der Waals surface area contributed by atoms with E-state index in [0.717, 1.165) is 28.5 Å². The van der Waals surface area contributed by atoms with Crippen molar-refractivity contribution in [3.05, 3.63) is 70.7 Å². The first-order valence-electron chi connectivity index (χ1n) is 9.22. The Morgan fingerprint density at radius 3 is 2.61 bits per heavy atom. The maximum atomic E-state index is 5.91. The molecule has 7 heteroatoms. The fraction of sp³-hybridized carbons (Fsp3) is 0.286. The van der Waals surface area contributed by atoms with Gasteiger partial charge in [0, 0.05) is 17.8 Å². The van der Waals surface area contributed by atoms with Gasteiger partial charge < -0.3 is 4.42 Å². The lowest BCUT2D eigenvalue weighted by molar-refractivity contribution is 0.217. The van der Waals surface area contributed by atoms with Gasteiger partial charge in [-0.05, 0) is 51.4 Å². The summed E-state index contributed by atoms with van der Waals surface area (Å²) >= 11 is 1.60. The maximum Gasteiger partial charge on any atom is 0.257 e. The standard InChI is InChI=1S/C21H23N5OS/c1-14-18(15(2)26(24-14)17-9-6-5-7-10-17)13-25(4)16(3)20-22-23-21(27-20)19-11-8-12-28-19/h5-12,16H,13H2,1-4H3/t16-/m1/s1. The van der Waals surface area contributed by atoms with E-state index in [9.17, 15) is 0 Å². The molecule has 144 valence electrons. The molecule has 3 heterocycles. The lowest BCUT2D eigenvalue weighted by atomic mass is 10.1. The first-order chi connectivity index (χ1) is 13.5. The summed E-state index contributed by atoms with van der Waals surface area (Å²) in [5.74, 6) is 1.20. The molecule has 0 aliphatic rings. The first kappa shape index (κ1) is 18.6. The summed E-state index contributed by atoms with van der Waals surface area (Å²) in [5.41, 5.74) is 4.47. The molecule has 0 spiro atoms. The van der Waals surface area contributed by atoms with E-state index in [1.54, 1.807) is 11.3 Å². The van der Waals surface area contributed by atoms with E-state index in [-0.39, 0.29) is 6.04 Å². The summed E-state index contributed by atoms with van der Waals surface area (Å²) in [6.07, 6.45) is 0. The van der Waals surface area contributed by atoms with Crippen LogP contribution < -0.4 is 0 Å². The van der Waals surface area contributed by atoms with Gasteiger partial charge in [-0.3, -0.25) is 4.90 Å². The molecular formula is C21H23N5OS. The van der Waals surface area contributed by atoms with Gasteiger partial charge in [-0.25, -0.2) is 4.68 Å². The number of rotatable bonds is 6. The number of hydrogen-bond acceptors (Lipinski definition) is 6. The molecule has 0 N–H and O–H groups in total. The highest BCUT2D eigenvalue weighted by molar-refractivity contribution is 7.13. The number of para-hydroxylation sites is 1. The van der Waals surface area contributed by atoms with Crippen molar-refractivity contribution < 1.29 is 4.42 Å². The predicted octanol–water partition coefficient (Wildman–Crippen LogP) is 4.79. The van der Waals surface area contributed by atoms with Crippen LogP contribution in [0.4, 0.5) is 0 Å². The van der Waals surface area contributed by atoms with Crippen molar-refractivity contribution in [3.8, 4) is 16.5 Å². The summed E-state index contributed by atoms with van der Waals surface area (Å²) in [4.78, 5) is 3.20. The molecule has 0 fully saturated rings. The first-order valence-corrected chi connectivity index (χ1v) is 10.1. The monoisotopic (exact) mass is 393 g/mol. The summed E-state index contributed by atoms with van der Waals surface area (Å²) < 4.78 is 7.91. The summed E-state index contributed by atoms with van der Waals surface area (Å²) in [7, 11) is 2.07. The van der Waals surface area contributed by atoms with E-state index >= 15 is 0 Å². The van der Waals surface area contributed by atoms with E-state index in [1.807, 2.05) is 40.4 Å². The number of aromatic nitrogens is 4. The van der Waals surface area contributed by atoms with Gasteiger partial charge in [0.1, 0.15) is 0 Å². The van der Waals surface area contributed by atoms with Crippen LogP contribution >= 0.6 is 11.3 Å². The molecule has 0 bridgehead atoms. The average molecular weight is 394 g/mol. The fourth-order valence-electron chi connectivity index (χ4n) is 3.20. The Hall–Kier alpha value is -2.77. The van der Waals surface area contributed by atoms with Crippen LogP contribution in [0.2, 0.25) is 0 Å². The van der Waals surface area contributed by atoms with Gasteiger partial charge in [0.2, 0.25) is 5.89 Å². The molecule has 3 aromatic heterocycles. The third-order valence-corrected chi connectivity index (χ3v) is 5.90. The van der Waals surface area contributed by atoms with Gasteiger partial charge in [-0.1, -0.05) is 24.3 Å². The topological polar surface area (TPSA) is 60.0 Å². The molecule has 4 rings (SSSR count). The number of benzene rings is 1. The molecule has 0 aliphatic carbocycles. The average Bonchev–Trinajstić information content (AvgIpc) is 3.45. The predicted molar refractivity (Wildman–Crippen MR) is 111 cm³/mol. The van der Waals surface area contributed by atoms with Crippen molar-refractivity contribution in [2.24, 2.45) is 0 Å². The van der Waals surface area contributed by atoms with Crippen LogP contribution in [0.5, 0.6) is 0 Å². The highest BCUT2D eigenvalue weighted by Gasteiger charge is 2.22. The quantitative estimate of drug-likeness (QED) is 0.471. The van der Waals surface area contributed by atoms with E-state index in [2.05, 4.69) is 55.0 Å². The molecule has 0 saturated carbocycles. The molecule has 0 saturated heterocycles. The Balaban J connectivity index is 1.54. The highest BCUT2D eigenvalue weighted by atomic mass is 32.1. The van der Waals surface area contributed by atoms with Gasteiger partial charge in [-0.15, -0.1) is 21.5 Å². The van der Waals surface area contributed by atoms with Gasteiger partial charge >= 0.3 is 0 Å². The third kappa shape index (κ3) is 3.50. The van der Waals surface area contributed by atoms with Crippen LogP contribution in [0.3, 0.4) is 0 Å². The zero-order valence-electron chi connectivity index (χ0n) is 16.5. The molecule has 0 unspecified atom stereocenters. The van der Waals surface area contributed by atoms with Crippen molar-refractivity contribution in [1.82, 2.24) is 24.9 Å². The Morgan fingerprint density at radius 2 is 1.89 bits per heavy atom. The minimum Gasteiger partial charge on any atom is -0.418 e. The summed E-state index contributed by atoms with van der Waals surface area (Å²) in [6.45, 7) is 7.00. The lowest BCUT2D eigenvalue weighted by Crippen LogP contribution is -2.23. The molecule has 0 radical (unpaired) electrons. The summed E-state index contributed by atoms with van der Waals surface area (Å²) in [5, 5.41) is 15.2. The number of thiophene rings is 1. The molecule has 4 aromatic rings. The van der Waals surface area contributed by atoms with Crippen LogP contribution in [0.1, 0.15) is 35.8 Å². The zero-order chi connectivity index (χ0) is 19.7. The molecule has 1 atom stereocenters. The lowest BCUT2D eigenvalue weighted by Gasteiger charge is -2.22. The second-order valence-electron chi connectivity index (χ2n) is 6.91.